The summed E-state index contributed by atoms with van der Waals surface area (Å²) >= 11 is 0. The van der Waals surface area contributed by atoms with Crippen molar-refractivity contribution >= 4 is 5.91 Å². The molecule has 0 spiro atoms. The first-order chi connectivity index (χ1) is 9.76. The van der Waals surface area contributed by atoms with Gasteiger partial charge in [-0.1, -0.05) is 6.07 Å². The van der Waals surface area contributed by atoms with Crippen LogP contribution in [-0.4, -0.2) is 36.7 Å². The normalized spacial score (nSPS) is 16.2. The average molecular weight is 276 g/mol. The fourth-order valence-electron chi connectivity index (χ4n) is 2.27. The quantitative estimate of drug-likeness (QED) is 0.856. The number of amides is 1. The predicted molar refractivity (Wildman–Crippen MR) is 74.7 cm³/mol. The van der Waals surface area contributed by atoms with Crippen molar-refractivity contribution in [3.8, 4) is 11.5 Å². The Morgan fingerprint density at radius 3 is 2.90 bits per heavy atom. The van der Waals surface area contributed by atoms with Crippen LogP contribution in [0.1, 0.15) is 25.3 Å². The number of fused-ring (bicyclic) bond motifs is 1. The van der Waals surface area contributed by atoms with Gasteiger partial charge in [-0.15, -0.1) is 0 Å². The number of hydrogen-bond acceptors (Lipinski definition) is 4. The van der Waals surface area contributed by atoms with Gasteiger partial charge < -0.3 is 19.7 Å². The summed E-state index contributed by atoms with van der Waals surface area (Å²) in [7, 11) is 0. The number of carbonyl (C=O) groups excluding carboxylic acids is 1. The van der Waals surface area contributed by atoms with E-state index in [1.54, 1.807) is 0 Å². The molecule has 20 heavy (non-hydrogen) atoms. The molecule has 1 heterocycles. The molecule has 1 fully saturated rings. The molecule has 0 unspecified atom stereocenters. The lowest BCUT2D eigenvalue weighted by Crippen LogP contribution is -2.38. The SMILES string of the molecule is CCN(Cc1ccc2c(c1)OCO2)C(=O)CNC1CC1. The fraction of sp³-hybridized carbons (Fsp3) is 0.533. The average Bonchev–Trinajstić information content (AvgIpc) is 3.18. The van der Waals surface area contributed by atoms with Crippen LogP contribution >= 0.6 is 0 Å². The van der Waals surface area contributed by atoms with E-state index in [1.165, 1.54) is 12.8 Å². The third-order valence-electron chi connectivity index (χ3n) is 3.66. The largest absolute Gasteiger partial charge is 0.454 e. The van der Waals surface area contributed by atoms with Gasteiger partial charge in [0, 0.05) is 19.1 Å². The highest BCUT2D eigenvalue weighted by atomic mass is 16.7. The summed E-state index contributed by atoms with van der Waals surface area (Å²) in [4.78, 5) is 14.0. The molecular weight excluding hydrogens is 256 g/mol. The number of nitrogens with zero attached hydrogens (tertiary/aromatic N) is 1. The van der Waals surface area contributed by atoms with Crippen molar-refractivity contribution in [2.75, 3.05) is 19.9 Å². The van der Waals surface area contributed by atoms with Gasteiger partial charge in [0.05, 0.1) is 6.54 Å². The molecule has 1 aliphatic carbocycles. The van der Waals surface area contributed by atoms with Crippen LogP contribution in [0, 0.1) is 0 Å². The number of hydrogen-bond donors (Lipinski definition) is 1. The van der Waals surface area contributed by atoms with Crippen molar-refractivity contribution in [2.24, 2.45) is 0 Å². The molecule has 0 saturated heterocycles. The van der Waals surface area contributed by atoms with Gasteiger partial charge in [0.2, 0.25) is 12.7 Å². The molecule has 1 N–H and O–H groups in total. The molecule has 5 nitrogen and oxygen atoms in total. The topological polar surface area (TPSA) is 50.8 Å². The number of nitrogens with one attached hydrogen (secondary N) is 1. The Labute approximate surface area is 118 Å². The smallest absolute Gasteiger partial charge is 0.236 e. The van der Waals surface area contributed by atoms with Crippen LogP contribution in [0.25, 0.3) is 0 Å². The summed E-state index contributed by atoms with van der Waals surface area (Å²) < 4.78 is 10.7. The molecule has 3 rings (SSSR count). The molecule has 1 aromatic carbocycles. The molecule has 0 atom stereocenters. The monoisotopic (exact) mass is 276 g/mol. The zero-order chi connectivity index (χ0) is 13.9. The maximum Gasteiger partial charge on any atom is 0.236 e. The molecule has 1 amide bonds. The van der Waals surface area contributed by atoms with Crippen LogP contribution in [0.15, 0.2) is 18.2 Å². The minimum absolute atomic E-state index is 0.150. The third-order valence-corrected chi connectivity index (χ3v) is 3.66. The van der Waals surface area contributed by atoms with E-state index in [4.69, 9.17) is 9.47 Å². The van der Waals surface area contributed by atoms with Crippen molar-refractivity contribution in [1.82, 2.24) is 10.2 Å². The lowest BCUT2D eigenvalue weighted by molar-refractivity contribution is -0.130. The number of likely N-dealkylation sites (N-methyl/N-ethyl adjacent to an activating group) is 1. The molecule has 5 heteroatoms. The van der Waals surface area contributed by atoms with E-state index >= 15 is 0 Å². The minimum atomic E-state index is 0.150. The van der Waals surface area contributed by atoms with E-state index in [-0.39, 0.29) is 12.7 Å². The highest BCUT2D eigenvalue weighted by molar-refractivity contribution is 5.78. The van der Waals surface area contributed by atoms with E-state index in [9.17, 15) is 4.79 Å². The van der Waals surface area contributed by atoms with E-state index in [0.717, 1.165) is 17.1 Å². The Bertz CT molecular complexity index is 500. The second kappa shape index (κ2) is 5.71. The van der Waals surface area contributed by atoms with Crippen LogP contribution in [-0.2, 0) is 11.3 Å². The van der Waals surface area contributed by atoms with Crippen LogP contribution in [0.4, 0.5) is 0 Å². The van der Waals surface area contributed by atoms with Crippen LogP contribution < -0.4 is 14.8 Å². The third kappa shape index (κ3) is 3.04. The van der Waals surface area contributed by atoms with E-state index in [0.29, 0.717) is 25.7 Å². The summed E-state index contributed by atoms with van der Waals surface area (Å²) in [5.74, 6) is 1.69. The maximum atomic E-state index is 12.2. The Morgan fingerprint density at radius 2 is 2.15 bits per heavy atom. The van der Waals surface area contributed by atoms with Crippen molar-refractivity contribution in [2.45, 2.75) is 32.4 Å². The predicted octanol–water partition coefficient (Wildman–Crippen LogP) is 1.52. The summed E-state index contributed by atoms with van der Waals surface area (Å²) in [6.45, 7) is 4.03. The standard InChI is InChI=1S/C15H20N2O3/c1-2-17(15(18)8-16-12-4-5-12)9-11-3-6-13-14(7-11)20-10-19-13/h3,6-7,12,16H,2,4-5,8-10H2,1H3. The van der Waals surface area contributed by atoms with Crippen molar-refractivity contribution in [1.29, 1.82) is 0 Å². The molecular formula is C15H20N2O3. The lowest BCUT2D eigenvalue weighted by Gasteiger charge is -2.21. The number of rotatable bonds is 6. The van der Waals surface area contributed by atoms with E-state index in [1.807, 2.05) is 30.0 Å². The Hall–Kier alpha value is -1.75. The molecule has 1 saturated carbocycles. The molecule has 1 aromatic rings. The van der Waals surface area contributed by atoms with Crippen LogP contribution in [0.3, 0.4) is 0 Å². The Balaban J connectivity index is 1.59. The van der Waals surface area contributed by atoms with Gasteiger partial charge >= 0.3 is 0 Å². The van der Waals surface area contributed by atoms with E-state index in [2.05, 4.69) is 5.32 Å². The first-order valence-electron chi connectivity index (χ1n) is 7.16. The molecule has 0 bridgehead atoms. The zero-order valence-electron chi connectivity index (χ0n) is 11.7. The first kappa shape index (κ1) is 13.2. The van der Waals surface area contributed by atoms with Gasteiger partial charge in [0.15, 0.2) is 11.5 Å². The maximum absolute atomic E-state index is 12.2. The first-order valence-corrected chi connectivity index (χ1v) is 7.16. The molecule has 0 aromatic heterocycles. The van der Waals surface area contributed by atoms with Crippen molar-refractivity contribution in [3.05, 3.63) is 23.8 Å². The molecule has 1 aliphatic heterocycles. The highest BCUT2D eigenvalue weighted by Gasteiger charge is 2.23. The van der Waals surface area contributed by atoms with Gasteiger partial charge in [-0.05, 0) is 37.5 Å². The molecule has 0 radical (unpaired) electrons. The second-order valence-electron chi connectivity index (χ2n) is 5.25. The molecule has 2 aliphatic rings. The summed E-state index contributed by atoms with van der Waals surface area (Å²) in [5.41, 5.74) is 1.07. The van der Waals surface area contributed by atoms with Crippen LogP contribution in [0.5, 0.6) is 11.5 Å². The van der Waals surface area contributed by atoms with Crippen molar-refractivity contribution < 1.29 is 14.3 Å². The number of benzene rings is 1. The van der Waals surface area contributed by atoms with Gasteiger partial charge in [-0.2, -0.15) is 0 Å². The Morgan fingerprint density at radius 1 is 1.35 bits per heavy atom. The van der Waals surface area contributed by atoms with Gasteiger partial charge in [0.25, 0.3) is 0 Å². The highest BCUT2D eigenvalue weighted by Crippen LogP contribution is 2.32. The van der Waals surface area contributed by atoms with Gasteiger partial charge in [-0.3, -0.25) is 4.79 Å². The lowest BCUT2D eigenvalue weighted by atomic mass is 10.2. The summed E-state index contributed by atoms with van der Waals surface area (Å²) in [6.07, 6.45) is 2.39. The fourth-order valence-corrected chi connectivity index (χ4v) is 2.27. The number of ether oxygens (including phenoxy) is 2. The minimum Gasteiger partial charge on any atom is -0.454 e. The van der Waals surface area contributed by atoms with E-state index < -0.39 is 0 Å². The summed E-state index contributed by atoms with van der Waals surface area (Å²) in [5, 5.41) is 3.26. The second-order valence-corrected chi connectivity index (χ2v) is 5.25. The number of carbonyl (C=O) groups is 1. The Kier molecular flexibility index (Phi) is 3.78. The summed E-state index contributed by atoms with van der Waals surface area (Å²) in [6, 6.07) is 6.39. The van der Waals surface area contributed by atoms with Gasteiger partial charge in [-0.25, -0.2) is 0 Å². The zero-order valence-corrected chi connectivity index (χ0v) is 11.7. The van der Waals surface area contributed by atoms with Crippen LogP contribution in [0.2, 0.25) is 0 Å². The van der Waals surface area contributed by atoms with Gasteiger partial charge in [0.1, 0.15) is 0 Å². The molecule has 108 valence electrons. The van der Waals surface area contributed by atoms with Crippen molar-refractivity contribution in [3.63, 3.8) is 0 Å².